The van der Waals surface area contributed by atoms with Crippen molar-refractivity contribution < 1.29 is 22.8 Å². The van der Waals surface area contributed by atoms with Crippen LogP contribution >= 0.6 is 0 Å². The smallest absolute Gasteiger partial charge is 0.278 e. The summed E-state index contributed by atoms with van der Waals surface area (Å²) in [5, 5.41) is 0. The van der Waals surface area contributed by atoms with Crippen LogP contribution in [-0.4, -0.2) is 32.2 Å². The number of halogens is 3. The number of aromatic nitrogens is 3. The molecule has 2 aromatic heterocycles. The van der Waals surface area contributed by atoms with Gasteiger partial charge in [-0.25, -0.2) is 9.97 Å². The van der Waals surface area contributed by atoms with Crippen LogP contribution in [0.2, 0.25) is 0 Å². The Labute approximate surface area is 182 Å². The van der Waals surface area contributed by atoms with E-state index in [1.165, 1.54) is 0 Å². The Morgan fingerprint density at radius 1 is 1.12 bits per heavy atom. The third-order valence-corrected chi connectivity index (χ3v) is 5.23. The standard InChI is InChI=1S/C23H19F3N4O2/c1-14-4-2-3-5-19(14)21(32)30(13-31)12-18-8-16(9-20(29-18)15-6-7-15)17-10-27-22(28-11-17)23(24,25)26/h2-5,8-11,13,15H,6-7,12H2,1H3. The first-order chi connectivity index (χ1) is 15.3. The van der Waals surface area contributed by atoms with E-state index in [2.05, 4.69) is 15.0 Å². The lowest BCUT2D eigenvalue weighted by atomic mass is 10.1. The maximum Gasteiger partial charge on any atom is 0.451 e. The second-order valence-electron chi connectivity index (χ2n) is 7.69. The molecule has 0 N–H and O–H groups in total. The molecule has 4 rings (SSSR count). The first-order valence-electron chi connectivity index (χ1n) is 9.98. The summed E-state index contributed by atoms with van der Waals surface area (Å²) in [7, 11) is 0. The summed E-state index contributed by atoms with van der Waals surface area (Å²) < 4.78 is 38.4. The minimum atomic E-state index is -4.62. The van der Waals surface area contributed by atoms with Gasteiger partial charge in [-0.3, -0.25) is 19.5 Å². The number of benzene rings is 1. The SMILES string of the molecule is Cc1ccccc1C(=O)N(C=O)Cc1cc(-c2cnc(C(F)(F)F)nc2)cc(C2CC2)n1. The summed E-state index contributed by atoms with van der Waals surface area (Å²) in [6.07, 6.45) is -0.0241. The van der Waals surface area contributed by atoms with Gasteiger partial charge < -0.3 is 0 Å². The molecule has 0 bridgehead atoms. The molecule has 1 saturated carbocycles. The minimum Gasteiger partial charge on any atom is -0.278 e. The van der Waals surface area contributed by atoms with Gasteiger partial charge in [0.1, 0.15) is 0 Å². The van der Waals surface area contributed by atoms with Crippen LogP contribution in [0.25, 0.3) is 11.1 Å². The highest BCUT2D eigenvalue weighted by Gasteiger charge is 2.34. The van der Waals surface area contributed by atoms with Gasteiger partial charge in [0, 0.05) is 35.1 Å². The predicted molar refractivity (Wildman–Crippen MR) is 109 cm³/mol. The highest BCUT2D eigenvalue weighted by molar-refractivity contribution is 6.00. The van der Waals surface area contributed by atoms with Crippen LogP contribution < -0.4 is 0 Å². The summed E-state index contributed by atoms with van der Waals surface area (Å²) in [4.78, 5) is 37.0. The predicted octanol–water partition coefficient (Wildman–Crippen LogP) is 4.54. The van der Waals surface area contributed by atoms with Crippen molar-refractivity contribution in [1.29, 1.82) is 0 Å². The van der Waals surface area contributed by atoms with Crippen molar-refractivity contribution in [3.63, 3.8) is 0 Å². The monoisotopic (exact) mass is 440 g/mol. The van der Waals surface area contributed by atoms with Crippen molar-refractivity contribution in [3.8, 4) is 11.1 Å². The number of pyridine rings is 1. The fourth-order valence-electron chi connectivity index (χ4n) is 3.37. The quantitative estimate of drug-likeness (QED) is 0.526. The largest absolute Gasteiger partial charge is 0.451 e. The van der Waals surface area contributed by atoms with Gasteiger partial charge in [-0.2, -0.15) is 13.2 Å². The first-order valence-corrected chi connectivity index (χ1v) is 9.98. The van der Waals surface area contributed by atoms with E-state index in [-0.39, 0.29) is 12.5 Å². The molecule has 2 amide bonds. The molecular formula is C23H19F3N4O2. The minimum absolute atomic E-state index is 0.0638. The zero-order chi connectivity index (χ0) is 22.9. The summed E-state index contributed by atoms with van der Waals surface area (Å²) in [6, 6.07) is 10.4. The molecule has 0 aliphatic heterocycles. The van der Waals surface area contributed by atoms with Crippen molar-refractivity contribution in [2.45, 2.75) is 38.4 Å². The molecule has 1 aliphatic carbocycles. The van der Waals surface area contributed by atoms with E-state index in [9.17, 15) is 22.8 Å². The molecule has 1 aliphatic rings. The normalized spacial score (nSPS) is 13.6. The number of carbonyl (C=O) groups is 2. The molecule has 2 heterocycles. The number of amides is 2. The van der Waals surface area contributed by atoms with Crippen molar-refractivity contribution in [3.05, 3.63) is 77.1 Å². The molecule has 0 atom stereocenters. The fraction of sp³-hybridized carbons (Fsp3) is 0.261. The van der Waals surface area contributed by atoms with Gasteiger partial charge >= 0.3 is 6.18 Å². The molecule has 0 radical (unpaired) electrons. The van der Waals surface area contributed by atoms with Gasteiger partial charge in [0.15, 0.2) is 0 Å². The first kappa shape index (κ1) is 21.6. The van der Waals surface area contributed by atoms with Crippen LogP contribution in [0.5, 0.6) is 0 Å². The van der Waals surface area contributed by atoms with E-state index < -0.39 is 17.9 Å². The van der Waals surface area contributed by atoms with E-state index in [0.29, 0.717) is 28.8 Å². The number of hydrogen-bond acceptors (Lipinski definition) is 5. The van der Waals surface area contributed by atoms with E-state index in [4.69, 9.17) is 0 Å². The Morgan fingerprint density at radius 2 is 1.81 bits per heavy atom. The Hall–Kier alpha value is -3.62. The lowest BCUT2D eigenvalue weighted by molar-refractivity contribution is -0.145. The molecule has 0 unspecified atom stereocenters. The van der Waals surface area contributed by atoms with Crippen LogP contribution in [0.1, 0.15) is 51.9 Å². The molecule has 164 valence electrons. The van der Waals surface area contributed by atoms with Gasteiger partial charge in [0.25, 0.3) is 5.91 Å². The lowest BCUT2D eigenvalue weighted by Gasteiger charge is -2.17. The van der Waals surface area contributed by atoms with E-state index in [1.807, 2.05) is 0 Å². The Morgan fingerprint density at radius 3 is 2.41 bits per heavy atom. The van der Waals surface area contributed by atoms with Gasteiger partial charge in [0.2, 0.25) is 12.2 Å². The number of nitrogens with zero attached hydrogens (tertiary/aromatic N) is 4. The molecule has 9 heteroatoms. The van der Waals surface area contributed by atoms with Crippen molar-refractivity contribution in [2.24, 2.45) is 0 Å². The van der Waals surface area contributed by atoms with Crippen LogP contribution in [0, 0.1) is 6.92 Å². The average molecular weight is 440 g/mol. The Balaban J connectivity index is 1.65. The topological polar surface area (TPSA) is 76.1 Å². The molecule has 32 heavy (non-hydrogen) atoms. The summed E-state index contributed by atoms with van der Waals surface area (Å²) in [5.41, 5.74) is 3.36. The number of aryl methyl sites for hydroxylation is 1. The molecular weight excluding hydrogens is 421 g/mol. The van der Waals surface area contributed by atoms with Crippen LogP contribution in [0.15, 0.2) is 48.8 Å². The second kappa shape index (κ2) is 8.49. The number of hydrogen-bond donors (Lipinski definition) is 0. The lowest BCUT2D eigenvalue weighted by Crippen LogP contribution is -2.30. The maximum absolute atomic E-state index is 12.9. The zero-order valence-electron chi connectivity index (χ0n) is 17.1. The van der Waals surface area contributed by atoms with Crippen molar-refractivity contribution in [2.75, 3.05) is 0 Å². The Bertz CT molecular complexity index is 1160. The van der Waals surface area contributed by atoms with Gasteiger partial charge in [0.05, 0.1) is 12.2 Å². The highest BCUT2D eigenvalue weighted by atomic mass is 19.4. The molecule has 6 nitrogen and oxygen atoms in total. The van der Waals surface area contributed by atoms with Crippen molar-refractivity contribution in [1.82, 2.24) is 19.9 Å². The zero-order valence-corrected chi connectivity index (χ0v) is 17.1. The van der Waals surface area contributed by atoms with E-state index >= 15 is 0 Å². The molecule has 1 aromatic carbocycles. The summed E-state index contributed by atoms with van der Waals surface area (Å²) in [6.45, 7) is 1.72. The van der Waals surface area contributed by atoms with E-state index in [0.717, 1.165) is 41.4 Å². The second-order valence-corrected chi connectivity index (χ2v) is 7.69. The van der Waals surface area contributed by atoms with Gasteiger partial charge in [-0.15, -0.1) is 0 Å². The highest BCUT2D eigenvalue weighted by Crippen LogP contribution is 2.40. The molecule has 3 aromatic rings. The molecule has 0 saturated heterocycles. The summed E-state index contributed by atoms with van der Waals surface area (Å²) in [5.74, 6) is -1.41. The number of imide groups is 1. The number of carbonyl (C=O) groups excluding carboxylic acids is 2. The Kier molecular flexibility index (Phi) is 5.73. The molecule has 0 spiro atoms. The summed E-state index contributed by atoms with van der Waals surface area (Å²) >= 11 is 0. The van der Waals surface area contributed by atoms with Crippen LogP contribution in [0.3, 0.4) is 0 Å². The molecule has 1 fully saturated rings. The van der Waals surface area contributed by atoms with Gasteiger partial charge in [-0.05, 0) is 49.1 Å². The third kappa shape index (κ3) is 4.66. The fourth-order valence-corrected chi connectivity index (χ4v) is 3.37. The number of alkyl halides is 3. The van der Waals surface area contributed by atoms with E-state index in [1.54, 1.807) is 43.3 Å². The number of rotatable bonds is 6. The average Bonchev–Trinajstić information content (AvgIpc) is 3.62. The van der Waals surface area contributed by atoms with Crippen molar-refractivity contribution >= 4 is 12.3 Å². The maximum atomic E-state index is 12.9. The third-order valence-electron chi connectivity index (χ3n) is 5.23. The van der Waals surface area contributed by atoms with Gasteiger partial charge in [-0.1, -0.05) is 18.2 Å². The van der Waals surface area contributed by atoms with Crippen LogP contribution in [0.4, 0.5) is 13.2 Å². The van der Waals surface area contributed by atoms with Crippen LogP contribution in [-0.2, 0) is 17.5 Å².